The van der Waals surface area contributed by atoms with Gasteiger partial charge in [0.2, 0.25) is 5.91 Å². The van der Waals surface area contributed by atoms with Crippen molar-refractivity contribution in [2.75, 3.05) is 5.32 Å². The van der Waals surface area contributed by atoms with Crippen molar-refractivity contribution in [1.82, 2.24) is 0 Å². The molecule has 19 heavy (non-hydrogen) atoms. The number of anilines is 1. The summed E-state index contributed by atoms with van der Waals surface area (Å²) in [6.45, 7) is 3.58. The molecule has 4 heteroatoms. The Labute approximate surface area is 112 Å². The van der Waals surface area contributed by atoms with Crippen LogP contribution in [-0.4, -0.2) is 17.0 Å². The van der Waals surface area contributed by atoms with Crippen molar-refractivity contribution < 1.29 is 14.7 Å². The number of hydrogen-bond donors (Lipinski definition) is 2. The number of benzene rings is 1. The maximum Gasteiger partial charge on any atom is 0.310 e. The predicted molar refractivity (Wildman–Crippen MR) is 73.0 cm³/mol. The van der Waals surface area contributed by atoms with Gasteiger partial charge in [0.05, 0.1) is 5.92 Å². The molecule has 1 amide bonds. The number of carbonyl (C=O) groups excluding carboxylic acids is 1. The Bertz CT molecular complexity index is 494. The summed E-state index contributed by atoms with van der Waals surface area (Å²) in [5, 5.41) is 11.9. The summed E-state index contributed by atoms with van der Waals surface area (Å²) in [5.74, 6) is -0.878. The first-order chi connectivity index (χ1) is 8.99. The van der Waals surface area contributed by atoms with Crippen LogP contribution >= 0.6 is 0 Å². The van der Waals surface area contributed by atoms with Gasteiger partial charge in [0.1, 0.15) is 0 Å². The third kappa shape index (κ3) is 3.34. The molecule has 1 aliphatic carbocycles. The minimum absolute atomic E-state index is 0.0163. The summed E-state index contributed by atoms with van der Waals surface area (Å²) in [5.41, 5.74) is 1.37. The van der Waals surface area contributed by atoms with E-state index >= 15 is 0 Å². The maximum absolute atomic E-state index is 12.0. The molecule has 2 N–H and O–H groups in total. The lowest BCUT2D eigenvalue weighted by Gasteiger charge is -2.13. The Kier molecular flexibility index (Phi) is 3.88. The number of nitrogens with one attached hydrogen (secondary N) is 1. The van der Waals surface area contributed by atoms with E-state index in [1.54, 1.807) is 31.2 Å². The number of carboxylic acids is 1. The molecular weight excluding hydrogens is 242 g/mol. The van der Waals surface area contributed by atoms with Crippen molar-refractivity contribution in [3.8, 4) is 0 Å². The highest BCUT2D eigenvalue weighted by molar-refractivity contribution is 5.93. The average Bonchev–Trinajstić information content (AvgIpc) is 3.21. The van der Waals surface area contributed by atoms with Crippen molar-refractivity contribution in [3.63, 3.8) is 0 Å². The summed E-state index contributed by atoms with van der Waals surface area (Å²) < 4.78 is 0. The van der Waals surface area contributed by atoms with Gasteiger partial charge in [-0.15, -0.1) is 0 Å². The first-order valence-electron chi connectivity index (χ1n) is 6.62. The Morgan fingerprint density at radius 1 is 1.32 bits per heavy atom. The van der Waals surface area contributed by atoms with Gasteiger partial charge in [-0.1, -0.05) is 19.1 Å². The fourth-order valence-corrected chi connectivity index (χ4v) is 2.09. The number of rotatable bonds is 5. The molecular formula is C15H19NO3. The Hall–Kier alpha value is -1.84. The maximum atomic E-state index is 12.0. The van der Waals surface area contributed by atoms with Crippen molar-refractivity contribution in [1.29, 1.82) is 0 Å². The molecule has 0 aliphatic heterocycles. The Morgan fingerprint density at radius 2 is 2.00 bits per heavy atom. The van der Waals surface area contributed by atoms with Gasteiger partial charge >= 0.3 is 5.97 Å². The molecule has 2 unspecified atom stereocenters. The van der Waals surface area contributed by atoms with Crippen LogP contribution in [0.15, 0.2) is 24.3 Å². The molecule has 0 bridgehead atoms. The van der Waals surface area contributed by atoms with Crippen molar-refractivity contribution in [2.45, 2.75) is 32.6 Å². The largest absolute Gasteiger partial charge is 0.481 e. The van der Waals surface area contributed by atoms with Gasteiger partial charge < -0.3 is 10.4 Å². The van der Waals surface area contributed by atoms with Gasteiger partial charge in [0.15, 0.2) is 0 Å². The molecule has 1 aliphatic rings. The molecule has 0 spiro atoms. The highest BCUT2D eigenvalue weighted by Crippen LogP contribution is 2.37. The molecule has 1 saturated carbocycles. The molecule has 0 aromatic heterocycles. The highest BCUT2D eigenvalue weighted by Gasteiger charge is 2.32. The fraction of sp³-hybridized carbons (Fsp3) is 0.467. The summed E-state index contributed by atoms with van der Waals surface area (Å²) in [4.78, 5) is 22.9. The topological polar surface area (TPSA) is 66.4 Å². The molecule has 1 aromatic rings. The summed E-state index contributed by atoms with van der Waals surface area (Å²) in [6.07, 6.45) is 2.26. The molecule has 1 fully saturated rings. The zero-order valence-electron chi connectivity index (χ0n) is 11.2. The molecule has 4 nitrogen and oxygen atoms in total. The van der Waals surface area contributed by atoms with Crippen molar-refractivity contribution >= 4 is 17.6 Å². The first-order valence-corrected chi connectivity index (χ1v) is 6.62. The van der Waals surface area contributed by atoms with E-state index in [2.05, 4.69) is 5.32 Å². The molecule has 0 radical (unpaired) electrons. The number of carbonyl (C=O) groups is 2. The SMILES string of the molecule is CC(C(=O)O)c1cccc(NC(=O)C(C)C2CC2)c1. The zero-order chi connectivity index (χ0) is 14.0. The van der Waals surface area contributed by atoms with Gasteiger partial charge in [0.25, 0.3) is 0 Å². The standard InChI is InChI=1S/C15H19NO3/c1-9(11-6-7-11)14(17)16-13-5-3-4-12(8-13)10(2)15(18)19/h3-5,8-11H,6-7H2,1-2H3,(H,16,17)(H,18,19). The normalized spacial score (nSPS) is 17.6. The van der Waals surface area contributed by atoms with Crippen LogP contribution in [0, 0.1) is 11.8 Å². The van der Waals surface area contributed by atoms with E-state index in [9.17, 15) is 9.59 Å². The highest BCUT2D eigenvalue weighted by atomic mass is 16.4. The van der Waals surface area contributed by atoms with Crippen LogP contribution in [0.1, 0.15) is 38.2 Å². The van der Waals surface area contributed by atoms with Gasteiger partial charge in [0, 0.05) is 11.6 Å². The second-order valence-corrected chi connectivity index (χ2v) is 5.30. The molecule has 1 aromatic carbocycles. The Morgan fingerprint density at radius 3 is 2.58 bits per heavy atom. The second-order valence-electron chi connectivity index (χ2n) is 5.30. The van der Waals surface area contributed by atoms with Crippen LogP contribution in [0.3, 0.4) is 0 Å². The number of amides is 1. The smallest absolute Gasteiger partial charge is 0.310 e. The van der Waals surface area contributed by atoms with Crippen LogP contribution in [0.5, 0.6) is 0 Å². The van der Waals surface area contributed by atoms with Crippen LogP contribution in [0.4, 0.5) is 5.69 Å². The van der Waals surface area contributed by atoms with Gasteiger partial charge in [-0.2, -0.15) is 0 Å². The van der Waals surface area contributed by atoms with Crippen molar-refractivity contribution in [2.24, 2.45) is 11.8 Å². The summed E-state index contributed by atoms with van der Waals surface area (Å²) in [7, 11) is 0. The van der Waals surface area contributed by atoms with Crippen LogP contribution in [0.25, 0.3) is 0 Å². The average molecular weight is 261 g/mol. The lowest BCUT2D eigenvalue weighted by molar-refractivity contribution is -0.138. The summed E-state index contributed by atoms with van der Waals surface area (Å²) in [6, 6.07) is 7.05. The quantitative estimate of drug-likeness (QED) is 0.856. The zero-order valence-corrected chi connectivity index (χ0v) is 11.2. The molecule has 102 valence electrons. The summed E-state index contributed by atoms with van der Waals surface area (Å²) >= 11 is 0. The molecule has 2 rings (SSSR count). The molecule has 0 heterocycles. The lowest BCUT2D eigenvalue weighted by Crippen LogP contribution is -2.22. The van der Waals surface area contributed by atoms with E-state index in [-0.39, 0.29) is 11.8 Å². The molecule has 0 saturated heterocycles. The third-order valence-corrected chi connectivity index (χ3v) is 3.77. The predicted octanol–water partition coefficient (Wildman–Crippen LogP) is 2.86. The second kappa shape index (κ2) is 5.43. The van der Waals surface area contributed by atoms with E-state index < -0.39 is 11.9 Å². The van der Waals surface area contributed by atoms with Crippen LogP contribution < -0.4 is 5.32 Å². The van der Waals surface area contributed by atoms with E-state index in [1.807, 2.05) is 6.92 Å². The first kappa shape index (κ1) is 13.6. The van der Waals surface area contributed by atoms with Gasteiger partial charge in [-0.25, -0.2) is 0 Å². The third-order valence-electron chi connectivity index (χ3n) is 3.77. The monoisotopic (exact) mass is 261 g/mol. The van der Waals surface area contributed by atoms with E-state index in [0.717, 1.165) is 12.8 Å². The van der Waals surface area contributed by atoms with Crippen molar-refractivity contribution in [3.05, 3.63) is 29.8 Å². The van der Waals surface area contributed by atoms with Crippen LogP contribution in [0.2, 0.25) is 0 Å². The van der Waals surface area contributed by atoms with Gasteiger partial charge in [-0.3, -0.25) is 9.59 Å². The minimum Gasteiger partial charge on any atom is -0.481 e. The van der Waals surface area contributed by atoms with E-state index in [1.165, 1.54) is 0 Å². The van der Waals surface area contributed by atoms with Gasteiger partial charge in [-0.05, 0) is 43.4 Å². The Balaban J connectivity index is 2.06. The number of carboxylic acid groups (broad SMARTS) is 1. The lowest BCUT2D eigenvalue weighted by atomic mass is 10.0. The minimum atomic E-state index is -0.866. The molecule has 2 atom stereocenters. The van der Waals surface area contributed by atoms with E-state index in [0.29, 0.717) is 17.2 Å². The number of aliphatic carboxylic acids is 1. The fourth-order valence-electron chi connectivity index (χ4n) is 2.09. The number of hydrogen-bond acceptors (Lipinski definition) is 2. The van der Waals surface area contributed by atoms with E-state index in [4.69, 9.17) is 5.11 Å². The van der Waals surface area contributed by atoms with Crippen LogP contribution in [-0.2, 0) is 9.59 Å².